The van der Waals surface area contributed by atoms with Crippen molar-refractivity contribution in [3.05, 3.63) is 70.8 Å². The van der Waals surface area contributed by atoms with Crippen LogP contribution in [0, 0.1) is 0 Å². The molecule has 0 radical (unpaired) electrons. The lowest BCUT2D eigenvalue weighted by molar-refractivity contribution is 0.0524. The number of carbonyl (C=O) groups is 2. The standard InChI is InChI=1S/C34H41NO9/c1-7-40-30-18-24(19-31(41-8-2)32(30)42-9-3)33(36)35-16-15-23-17-28(38-5)29(39-6)20-26(23)27(35)21-44-25-13-11-22(12-14-25)34(37)43-10-4/h11-14,17-20,27H,7-10,15-16,21H2,1-6H3. The van der Waals surface area contributed by atoms with E-state index in [9.17, 15) is 9.59 Å². The molecule has 4 rings (SSSR count). The Labute approximate surface area is 258 Å². The van der Waals surface area contributed by atoms with Gasteiger partial charge >= 0.3 is 5.97 Å². The lowest BCUT2D eigenvalue weighted by Crippen LogP contribution is -2.42. The van der Waals surface area contributed by atoms with Crippen LogP contribution in [0.4, 0.5) is 0 Å². The Morgan fingerprint density at radius 2 is 1.34 bits per heavy atom. The fraction of sp³-hybridized carbons (Fsp3) is 0.412. The molecule has 0 saturated carbocycles. The van der Waals surface area contributed by atoms with E-state index in [2.05, 4.69) is 0 Å². The number of nitrogens with zero attached hydrogens (tertiary/aromatic N) is 1. The Balaban J connectivity index is 1.72. The summed E-state index contributed by atoms with van der Waals surface area (Å²) in [7, 11) is 3.18. The number of fused-ring (bicyclic) bond motifs is 1. The monoisotopic (exact) mass is 607 g/mol. The number of rotatable bonds is 14. The number of carbonyl (C=O) groups excluding carboxylic acids is 2. The summed E-state index contributed by atoms with van der Waals surface area (Å²) in [6, 6.07) is 13.5. The third kappa shape index (κ3) is 7.12. The molecule has 1 aliphatic heterocycles. The van der Waals surface area contributed by atoms with E-state index in [0.717, 1.165) is 11.1 Å². The molecule has 1 aliphatic rings. The summed E-state index contributed by atoms with van der Waals surface area (Å²) in [4.78, 5) is 28.2. The molecule has 0 aliphatic carbocycles. The van der Waals surface area contributed by atoms with E-state index in [4.69, 9.17) is 33.2 Å². The first-order valence-electron chi connectivity index (χ1n) is 14.9. The van der Waals surface area contributed by atoms with Gasteiger partial charge in [0, 0.05) is 12.1 Å². The molecule has 1 unspecified atom stereocenters. The fourth-order valence-electron chi connectivity index (χ4n) is 5.21. The quantitative estimate of drug-likeness (QED) is 0.208. The lowest BCUT2D eigenvalue weighted by atomic mass is 9.91. The fourth-order valence-corrected chi connectivity index (χ4v) is 5.21. The highest BCUT2D eigenvalue weighted by molar-refractivity contribution is 5.96. The van der Waals surface area contributed by atoms with Crippen molar-refractivity contribution in [3.63, 3.8) is 0 Å². The first kappa shape index (κ1) is 32.3. The summed E-state index contributed by atoms with van der Waals surface area (Å²) in [5.74, 6) is 2.49. The summed E-state index contributed by atoms with van der Waals surface area (Å²) < 4.78 is 40.1. The van der Waals surface area contributed by atoms with E-state index < -0.39 is 12.0 Å². The summed E-state index contributed by atoms with van der Waals surface area (Å²) in [5, 5.41) is 0. The Hall–Kier alpha value is -4.60. The molecule has 236 valence electrons. The number of hydrogen-bond donors (Lipinski definition) is 0. The van der Waals surface area contributed by atoms with Crippen LogP contribution in [0.15, 0.2) is 48.5 Å². The van der Waals surface area contributed by atoms with Crippen molar-refractivity contribution >= 4 is 11.9 Å². The maximum atomic E-state index is 14.3. The number of esters is 1. The summed E-state index contributed by atoms with van der Waals surface area (Å²) in [5.41, 5.74) is 2.77. The van der Waals surface area contributed by atoms with E-state index in [1.807, 2.05) is 32.9 Å². The van der Waals surface area contributed by atoms with Gasteiger partial charge in [-0.2, -0.15) is 0 Å². The summed E-state index contributed by atoms with van der Waals surface area (Å²) >= 11 is 0. The van der Waals surface area contributed by atoms with Gasteiger partial charge in [0.25, 0.3) is 5.91 Å². The van der Waals surface area contributed by atoms with Crippen molar-refractivity contribution in [1.82, 2.24) is 4.90 Å². The molecule has 0 aromatic heterocycles. The molecule has 0 bridgehead atoms. The number of methoxy groups -OCH3 is 2. The maximum Gasteiger partial charge on any atom is 0.338 e. The van der Waals surface area contributed by atoms with Gasteiger partial charge in [0.05, 0.1) is 52.3 Å². The highest BCUT2D eigenvalue weighted by atomic mass is 16.5. The molecule has 3 aromatic rings. The molecule has 0 saturated heterocycles. The second-order valence-electron chi connectivity index (χ2n) is 9.83. The van der Waals surface area contributed by atoms with Gasteiger partial charge in [-0.05, 0) is 93.8 Å². The van der Waals surface area contributed by atoms with Gasteiger partial charge in [-0.3, -0.25) is 4.79 Å². The van der Waals surface area contributed by atoms with Crippen molar-refractivity contribution < 1.29 is 42.7 Å². The van der Waals surface area contributed by atoms with Gasteiger partial charge in [-0.25, -0.2) is 4.79 Å². The van der Waals surface area contributed by atoms with Gasteiger partial charge in [0.1, 0.15) is 12.4 Å². The molecule has 44 heavy (non-hydrogen) atoms. The van der Waals surface area contributed by atoms with Gasteiger partial charge in [-0.1, -0.05) is 0 Å². The number of hydrogen-bond acceptors (Lipinski definition) is 9. The first-order valence-corrected chi connectivity index (χ1v) is 14.9. The van der Waals surface area contributed by atoms with E-state index in [-0.39, 0.29) is 12.5 Å². The van der Waals surface area contributed by atoms with Gasteiger partial charge in [0.15, 0.2) is 23.0 Å². The summed E-state index contributed by atoms with van der Waals surface area (Å²) in [6.45, 7) is 9.50. The van der Waals surface area contributed by atoms with Crippen LogP contribution in [0.2, 0.25) is 0 Å². The van der Waals surface area contributed by atoms with Gasteiger partial charge in [-0.15, -0.1) is 0 Å². The van der Waals surface area contributed by atoms with Crippen molar-refractivity contribution in [1.29, 1.82) is 0 Å². The zero-order valence-corrected chi connectivity index (χ0v) is 26.3. The van der Waals surface area contributed by atoms with Crippen LogP contribution in [0.1, 0.15) is 65.6 Å². The van der Waals surface area contributed by atoms with E-state index in [1.54, 1.807) is 62.4 Å². The molecule has 10 heteroatoms. The molecular formula is C34H41NO9. The van der Waals surface area contributed by atoms with E-state index >= 15 is 0 Å². The van der Waals surface area contributed by atoms with Crippen molar-refractivity contribution in [2.24, 2.45) is 0 Å². The molecular weight excluding hydrogens is 566 g/mol. The van der Waals surface area contributed by atoms with Crippen LogP contribution in [-0.4, -0.2) is 70.6 Å². The van der Waals surface area contributed by atoms with Crippen LogP contribution < -0.4 is 28.4 Å². The molecule has 0 N–H and O–H groups in total. The minimum Gasteiger partial charge on any atom is -0.493 e. The predicted molar refractivity (Wildman–Crippen MR) is 165 cm³/mol. The van der Waals surface area contributed by atoms with E-state index in [0.29, 0.717) is 85.0 Å². The normalized spacial score (nSPS) is 13.9. The van der Waals surface area contributed by atoms with Crippen LogP contribution in [0.5, 0.6) is 34.5 Å². The molecule has 0 spiro atoms. The van der Waals surface area contributed by atoms with Crippen molar-refractivity contribution in [2.45, 2.75) is 40.2 Å². The van der Waals surface area contributed by atoms with Crippen molar-refractivity contribution in [3.8, 4) is 34.5 Å². The predicted octanol–water partition coefficient (Wildman–Crippen LogP) is 5.90. The Morgan fingerprint density at radius 3 is 1.91 bits per heavy atom. The average Bonchev–Trinajstić information content (AvgIpc) is 3.04. The highest BCUT2D eigenvalue weighted by Gasteiger charge is 2.34. The summed E-state index contributed by atoms with van der Waals surface area (Å²) in [6.07, 6.45) is 0.611. The topological polar surface area (TPSA) is 102 Å². The Morgan fingerprint density at radius 1 is 0.727 bits per heavy atom. The number of ether oxygens (including phenoxy) is 7. The molecule has 1 atom stereocenters. The molecule has 1 heterocycles. The zero-order chi connectivity index (χ0) is 31.6. The Bertz CT molecular complexity index is 1410. The average molecular weight is 608 g/mol. The van der Waals surface area contributed by atoms with Gasteiger partial charge in [0.2, 0.25) is 5.75 Å². The maximum absolute atomic E-state index is 14.3. The Kier molecular flexibility index (Phi) is 11.2. The smallest absolute Gasteiger partial charge is 0.338 e. The lowest BCUT2D eigenvalue weighted by Gasteiger charge is -2.38. The van der Waals surface area contributed by atoms with Gasteiger partial charge < -0.3 is 38.1 Å². The molecule has 10 nitrogen and oxygen atoms in total. The zero-order valence-electron chi connectivity index (χ0n) is 26.3. The molecule has 1 amide bonds. The third-order valence-corrected chi connectivity index (χ3v) is 7.19. The molecule has 0 fully saturated rings. The number of amides is 1. The van der Waals surface area contributed by atoms with Crippen molar-refractivity contribution in [2.75, 3.05) is 53.8 Å². The minimum absolute atomic E-state index is 0.153. The molecule has 3 aromatic carbocycles. The van der Waals surface area contributed by atoms with Crippen LogP contribution >= 0.6 is 0 Å². The third-order valence-electron chi connectivity index (χ3n) is 7.19. The second-order valence-corrected chi connectivity index (χ2v) is 9.83. The number of benzene rings is 3. The van der Waals surface area contributed by atoms with Crippen LogP contribution in [-0.2, 0) is 11.2 Å². The SMILES string of the molecule is CCOC(=O)c1ccc(OCC2c3cc(OC)c(OC)cc3CCN2C(=O)c2cc(OCC)c(OCC)c(OCC)c2)cc1. The largest absolute Gasteiger partial charge is 0.493 e. The van der Waals surface area contributed by atoms with E-state index in [1.165, 1.54) is 0 Å². The highest BCUT2D eigenvalue weighted by Crippen LogP contribution is 2.42. The first-order chi connectivity index (χ1) is 21.4. The second kappa shape index (κ2) is 15.2. The minimum atomic E-state index is -0.464. The van der Waals surface area contributed by atoms with Crippen LogP contribution in [0.3, 0.4) is 0 Å². The van der Waals surface area contributed by atoms with Crippen LogP contribution in [0.25, 0.3) is 0 Å².